The highest BCUT2D eigenvalue weighted by molar-refractivity contribution is 6.83. The van der Waals surface area contributed by atoms with Crippen LogP contribution in [-0.2, 0) is 10.5 Å². The summed E-state index contributed by atoms with van der Waals surface area (Å²) in [4.78, 5) is 0. The fourth-order valence-electron chi connectivity index (χ4n) is 6.41. The Labute approximate surface area is 243 Å². The predicted molar refractivity (Wildman–Crippen MR) is 153 cm³/mol. The average molecular weight is 632 g/mol. The maximum Gasteiger partial charge on any atom is 0.291 e. The Morgan fingerprint density at radius 1 is 0.881 bits per heavy atom. The number of hydrogen-bond acceptors (Lipinski definition) is 1. The molecule has 42 heavy (non-hydrogen) atoms. The molecular weight excluding hydrogens is 596 g/mol. The van der Waals surface area contributed by atoms with Crippen molar-refractivity contribution in [3.05, 3.63) is 87.8 Å². The molecule has 4 unspecified atom stereocenters. The van der Waals surface area contributed by atoms with Crippen LogP contribution < -0.4 is 0 Å². The Balaban J connectivity index is 1.87. The van der Waals surface area contributed by atoms with Gasteiger partial charge in [-0.25, -0.2) is 35.1 Å². The third kappa shape index (κ3) is 5.23. The number of rotatable bonds is 11. The van der Waals surface area contributed by atoms with Crippen LogP contribution in [0, 0.1) is 23.5 Å². The van der Waals surface area contributed by atoms with Crippen LogP contribution in [0.15, 0.2) is 47.6 Å². The fourth-order valence-corrected chi connectivity index (χ4v) is 16.1. The number of hydrogen-bond donors (Lipinski definition) is 0. The van der Waals surface area contributed by atoms with Gasteiger partial charge in [0.05, 0.1) is 14.1 Å². The smallest absolute Gasteiger partial charge is 0.291 e. The minimum atomic E-state index is -4.11. The highest BCUT2D eigenvalue weighted by Crippen LogP contribution is 2.59. The molecule has 0 bridgehead atoms. The summed E-state index contributed by atoms with van der Waals surface area (Å²) in [6.07, 6.45) is -6.19. The Hall–Kier alpha value is -2.25. The third-order valence-electron chi connectivity index (χ3n) is 9.59. The number of alkyl halides is 3. The molecule has 1 radical (unpaired) electrons. The predicted octanol–water partition coefficient (Wildman–Crippen LogP) is 10.5. The topological polar surface area (TPSA) is 9.23 Å². The zero-order chi connectivity index (χ0) is 31.2. The van der Waals surface area contributed by atoms with Crippen molar-refractivity contribution in [3.63, 3.8) is 0 Å². The van der Waals surface area contributed by atoms with Gasteiger partial charge in [0.1, 0.15) is 5.82 Å². The highest BCUT2D eigenvalue weighted by Gasteiger charge is 2.62. The quantitative estimate of drug-likeness (QED) is 0.136. The van der Waals surface area contributed by atoms with Gasteiger partial charge in [0.25, 0.3) is 5.85 Å². The summed E-state index contributed by atoms with van der Waals surface area (Å²) in [5, 5.41) is 0. The first-order valence-corrected chi connectivity index (χ1v) is 19.6. The second-order valence-corrected chi connectivity index (χ2v) is 21.7. The lowest BCUT2D eigenvalue weighted by Gasteiger charge is -2.44. The number of halogens is 8. The van der Waals surface area contributed by atoms with Crippen LogP contribution in [-0.4, -0.2) is 28.4 Å². The van der Waals surface area contributed by atoms with Gasteiger partial charge in [-0.2, -0.15) is 0 Å². The average Bonchev–Trinajstić information content (AvgIpc) is 3.28. The van der Waals surface area contributed by atoms with Crippen molar-refractivity contribution in [2.24, 2.45) is 0 Å². The summed E-state index contributed by atoms with van der Waals surface area (Å²) in [5.41, 5.74) is -4.98. The lowest BCUT2D eigenvalue weighted by atomic mass is 9.89. The van der Waals surface area contributed by atoms with E-state index in [9.17, 15) is 13.2 Å². The van der Waals surface area contributed by atoms with Crippen LogP contribution in [0.3, 0.4) is 0 Å². The van der Waals surface area contributed by atoms with Gasteiger partial charge in [-0.1, -0.05) is 89.1 Å². The lowest BCUT2D eigenvalue weighted by Crippen LogP contribution is -2.56. The van der Waals surface area contributed by atoms with Crippen LogP contribution >= 0.6 is 0 Å². The van der Waals surface area contributed by atoms with Crippen molar-refractivity contribution in [1.29, 1.82) is 0 Å². The molecule has 2 aromatic carbocycles. The summed E-state index contributed by atoms with van der Waals surface area (Å²) >= 11 is 0. The molecular formula is C31H35F8OSi2. The summed E-state index contributed by atoms with van der Waals surface area (Å²) in [5.74, 6) is -14.2. The minimum Gasteiger partial charge on any atom is -0.378 e. The molecule has 4 rings (SSSR count). The van der Waals surface area contributed by atoms with Crippen molar-refractivity contribution in [2.45, 2.75) is 94.6 Å². The molecule has 0 amide bonds. The summed E-state index contributed by atoms with van der Waals surface area (Å²) in [6, 6.07) is 14.1. The van der Waals surface area contributed by atoms with E-state index in [2.05, 4.69) is 20.8 Å². The molecule has 4 atom stereocenters. The van der Waals surface area contributed by atoms with Gasteiger partial charge in [0.15, 0.2) is 29.8 Å². The van der Waals surface area contributed by atoms with Crippen LogP contribution in [0.4, 0.5) is 35.1 Å². The van der Waals surface area contributed by atoms with Gasteiger partial charge in [-0.05, 0) is 23.2 Å². The van der Waals surface area contributed by atoms with Gasteiger partial charge < -0.3 is 4.43 Å². The van der Waals surface area contributed by atoms with Crippen molar-refractivity contribution in [2.75, 3.05) is 0 Å². The molecule has 229 valence electrons. The molecule has 0 saturated heterocycles. The first-order valence-electron chi connectivity index (χ1n) is 14.3. The Morgan fingerprint density at radius 2 is 1.48 bits per heavy atom. The summed E-state index contributed by atoms with van der Waals surface area (Å²) in [6.45, 7) is 9.78. The van der Waals surface area contributed by atoms with Gasteiger partial charge in [-0.15, -0.1) is 0 Å². The third-order valence-corrected chi connectivity index (χ3v) is 20.8. The molecule has 11 heteroatoms. The summed E-state index contributed by atoms with van der Waals surface area (Å²) < 4.78 is 129. The van der Waals surface area contributed by atoms with E-state index in [1.807, 2.05) is 0 Å². The van der Waals surface area contributed by atoms with E-state index < -0.39 is 91.5 Å². The van der Waals surface area contributed by atoms with Crippen LogP contribution in [0.5, 0.6) is 0 Å². The molecule has 0 saturated carbocycles. The zero-order valence-corrected chi connectivity index (χ0v) is 26.3. The maximum absolute atomic E-state index is 16.9. The molecule has 2 aromatic rings. The van der Waals surface area contributed by atoms with E-state index in [0.717, 1.165) is 23.7 Å². The Morgan fingerprint density at radius 3 is 2.02 bits per heavy atom. The molecule has 0 spiro atoms. The maximum atomic E-state index is 16.9. The van der Waals surface area contributed by atoms with Crippen LogP contribution in [0.1, 0.15) is 57.5 Å². The number of fused-ring (bicyclic) bond motifs is 2. The van der Waals surface area contributed by atoms with E-state index in [0.29, 0.717) is 12.1 Å². The van der Waals surface area contributed by atoms with E-state index in [4.69, 9.17) is 4.43 Å². The van der Waals surface area contributed by atoms with Crippen LogP contribution in [0.25, 0.3) is 5.57 Å². The van der Waals surface area contributed by atoms with E-state index >= 15 is 22.0 Å². The molecule has 0 heterocycles. The van der Waals surface area contributed by atoms with E-state index in [1.54, 1.807) is 44.2 Å². The first-order chi connectivity index (χ1) is 19.7. The monoisotopic (exact) mass is 631 g/mol. The minimum absolute atomic E-state index is 0.140. The van der Waals surface area contributed by atoms with Gasteiger partial charge in [0, 0.05) is 22.3 Å². The van der Waals surface area contributed by atoms with Crippen LogP contribution in [0.2, 0.25) is 35.8 Å². The fraction of sp³-hybridized carbons (Fsp3) is 0.484. The van der Waals surface area contributed by atoms with Crippen molar-refractivity contribution in [3.8, 4) is 0 Å². The zero-order valence-electron chi connectivity index (χ0n) is 24.3. The van der Waals surface area contributed by atoms with E-state index in [1.165, 1.54) is 6.07 Å². The molecule has 0 N–H and O–H groups in total. The molecule has 0 fully saturated rings. The SMILES string of the molecule is CC[Si](CC)(CC)CC[Si](Cc1ccccc1)(OC1(F)C(F)=C(F)C2=C(c3c(F)c(F)[c]c(F)c3C2F)C1F)C(C)C. The second kappa shape index (κ2) is 12.0. The van der Waals surface area contributed by atoms with E-state index in [-0.39, 0.29) is 6.04 Å². The van der Waals surface area contributed by atoms with Crippen molar-refractivity contribution < 1.29 is 39.5 Å². The number of allylic oxidation sites excluding steroid dienone is 2. The van der Waals surface area contributed by atoms with Crippen molar-refractivity contribution in [1.82, 2.24) is 0 Å². The van der Waals surface area contributed by atoms with Gasteiger partial charge in [-0.3, -0.25) is 0 Å². The highest BCUT2D eigenvalue weighted by atomic mass is 28.4. The molecule has 0 aromatic heterocycles. The molecule has 2 aliphatic carbocycles. The van der Waals surface area contributed by atoms with Gasteiger partial charge >= 0.3 is 0 Å². The Kier molecular flexibility index (Phi) is 9.36. The molecule has 2 aliphatic rings. The lowest BCUT2D eigenvalue weighted by molar-refractivity contribution is -0.0994. The summed E-state index contributed by atoms with van der Waals surface area (Å²) in [7, 11) is -5.48. The number of benzene rings is 2. The Bertz CT molecular complexity index is 1380. The van der Waals surface area contributed by atoms with Gasteiger partial charge in [0.2, 0.25) is 14.1 Å². The first kappa shape index (κ1) is 32.7. The van der Waals surface area contributed by atoms with Crippen molar-refractivity contribution >= 4 is 22.0 Å². The second-order valence-electron chi connectivity index (χ2n) is 11.7. The largest absolute Gasteiger partial charge is 0.378 e. The molecule has 0 aliphatic heterocycles. The molecule has 1 nitrogen and oxygen atoms in total. The normalized spacial score (nSPS) is 23.9. The standard InChI is InChI=1S/C31H35F8OSi2/c1-6-41(7-2,8-3)14-15-42(18(4)5,17-19-12-10-9-11-13-19)40-31(39)29(37)24-23-22(20(32)16-21(33)26(23)34)27(35)25(24)28(36)30(31)38/h9-13,18,27,29H,6-8,14-15,17H2,1-5H3.